The van der Waals surface area contributed by atoms with Crippen molar-refractivity contribution in [3.8, 4) is 0 Å². The van der Waals surface area contributed by atoms with Gasteiger partial charge in [0.1, 0.15) is 6.21 Å². The molecular formula is C20H26N5O4+. The van der Waals surface area contributed by atoms with Crippen LogP contribution in [0.15, 0.2) is 24.3 Å². The van der Waals surface area contributed by atoms with E-state index in [1.165, 1.54) is 18.5 Å². The van der Waals surface area contributed by atoms with Crippen LogP contribution in [0.5, 0.6) is 0 Å². The summed E-state index contributed by atoms with van der Waals surface area (Å²) in [4.78, 5) is 51.0. The van der Waals surface area contributed by atoms with Gasteiger partial charge < -0.3 is 10.6 Å². The Morgan fingerprint density at radius 1 is 1.10 bits per heavy atom. The van der Waals surface area contributed by atoms with E-state index in [9.17, 15) is 19.2 Å². The van der Waals surface area contributed by atoms with Crippen LogP contribution in [0.4, 0.5) is 10.5 Å². The highest BCUT2D eigenvalue weighted by molar-refractivity contribution is 6.06. The molecule has 29 heavy (non-hydrogen) atoms. The fourth-order valence-electron chi connectivity index (χ4n) is 3.62. The number of carbonyl (C=O) groups is 4. The van der Waals surface area contributed by atoms with E-state index in [1.54, 1.807) is 37.5 Å². The van der Waals surface area contributed by atoms with Gasteiger partial charge in [-0.15, -0.1) is 0 Å². The summed E-state index contributed by atoms with van der Waals surface area (Å²) < 4.78 is 1.44. The minimum Gasteiger partial charge on any atom is -0.349 e. The summed E-state index contributed by atoms with van der Waals surface area (Å²) in [6.07, 6.45) is 3.09. The van der Waals surface area contributed by atoms with Gasteiger partial charge >= 0.3 is 11.9 Å². The molecule has 0 radical (unpaired) electrons. The zero-order valence-corrected chi connectivity index (χ0v) is 16.8. The van der Waals surface area contributed by atoms with Crippen molar-refractivity contribution in [1.29, 1.82) is 0 Å². The highest BCUT2D eigenvalue weighted by Crippen LogP contribution is 2.17. The minimum absolute atomic E-state index is 0.0181. The monoisotopic (exact) mass is 400 g/mol. The molecule has 1 unspecified atom stereocenters. The molecule has 1 atom stereocenters. The van der Waals surface area contributed by atoms with Crippen LogP contribution in [0.3, 0.4) is 0 Å². The number of piperidine rings is 1. The molecule has 1 aromatic carbocycles. The fraction of sp³-hybridized carbons (Fsp3) is 0.450. The molecule has 9 heteroatoms. The van der Waals surface area contributed by atoms with Crippen LogP contribution in [0.1, 0.15) is 30.1 Å². The normalized spacial score (nSPS) is 21.0. The average molecular weight is 400 g/mol. The van der Waals surface area contributed by atoms with Crippen molar-refractivity contribution in [1.82, 2.24) is 15.1 Å². The van der Waals surface area contributed by atoms with E-state index in [2.05, 4.69) is 10.6 Å². The Balaban J connectivity index is 1.54. The molecule has 0 saturated carbocycles. The Kier molecular flexibility index (Phi) is 6.07. The van der Waals surface area contributed by atoms with Gasteiger partial charge in [-0.2, -0.15) is 9.69 Å². The molecule has 2 aliphatic heterocycles. The van der Waals surface area contributed by atoms with Gasteiger partial charge in [-0.3, -0.25) is 14.5 Å². The molecule has 1 saturated heterocycles. The zero-order chi connectivity index (χ0) is 21.1. The lowest BCUT2D eigenvalue weighted by Crippen LogP contribution is -2.59. The van der Waals surface area contributed by atoms with Crippen LogP contribution in [0, 0.1) is 0 Å². The largest absolute Gasteiger partial charge is 0.500 e. The van der Waals surface area contributed by atoms with Gasteiger partial charge in [0.05, 0.1) is 14.1 Å². The fourth-order valence-corrected chi connectivity index (χ4v) is 3.62. The maximum Gasteiger partial charge on any atom is 0.500 e. The predicted molar refractivity (Wildman–Crippen MR) is 107 cm³/mol. The van der Waals surface area contributed by atoms with Crippen molar-refractivity contribution in [3.63, 3.8) is 0 Å². The molecule has 5 amide bonds. The number of hydrogen-bond acceptors (Lipinski definition) is 5. The van der Waals surface area contributed by atoms with Crippen LogP contribution in [-0.4, -0.2) is 83.6 Å². The van der Waals surface area contributed by atoms with E-state index in [4.69, 9.17) is 0 Å². The van der Waals surface area contributed by atoms with E-state index in [-0.39, 0.29) is 29.8 Å². The van der Waals surface area contributed by atoms with Crippen molar-refractivity contribution >= 4 is 35.7 Å². The van der Waals surface area contributed by atoms with E-state index in [0.29, 0.717) is 37.2 Å². The van der Waals surface area contributed by atoms with Gasteiger partial charge in [-0.25, -0.2) is 9.37 Å². The second-order valence-corrected chi connectivity index (χ2v) is 7.43. The number of likely N-dealkylation sites (tertiary alicyclic amines) is 1. The molecule has 9 nitrogen and oxygen atoms in total. The standard InChI is InChI=1S/C20H25N5O4/c1-13(26)21-15-6-4-14(5-7-15)18(27)22-16-8-10-25(11-9-16)17-12-23(2)20(29)24(3)19(17)28/h4-7,12,16-17H,8-11H2,1-3H3,(H-,21,22,26,27)/p+1. The molecule has 2 N–H and O–H groups in total. The number of urea groups is 1. The second kappa shape index (κ2) is 8.52. The van der Waals surface area contributed by atoms with Crippen molar-refractivity contribution in [2.24, 2.45) is 0 Å². The smallest absolute Gasteiger partial charge is 0.349 e. The molecule has 2 aliphatic rings. The van der Waals surface area contributed by atoms with Crippen LogP contribution in [0.25, 0.3) is 0 Å². The first-order valence-electron chi connectivity index (χ1n) is 9.58. The predicted octanol–water partition coefficient (Wildman–Crippen LogP) is 0.513. The quantitative estimate of drug-likeness (QED) is 0.718. The first kappa shape index (κ1) is 20.7. The molecule has 3 rings (SSSR count). The number of nitrogens with one attached hydrogen (secondary N) is 2. The summed E-state index contributed by atoms with van der Waals surface area (Å²) in [5.74, 6) is -0.553. The Labute approximate surface area is 169 Å². The number of hydrogen-bond donors (Lipinski definition) is 2. The third-order valence-electron chi connectivity index (χ3n) is 5.26. The average Bonchev–Trinajstić information content (AvgIpc) is 2.70. The number of carbonyl (C=O) groups excluding carboxylic acids is 4. The number of amides is 5. The van der Waals surface area contributed by atoms with E-state index < -0.39 is 6.04 Å². The summed E-state index contributed by atoms with van der Waals surface area (Å²) in [6, 6.07) is 5.96. The number of anilines is 1. The first-order valence-corrected chi connectivity index (χ1v) is 9.58. The summed E-state index contributed by atoms with van der Waals surface area (Å²) >= 11 is 0. The zero-order valence-electron chi connectivity index (χ0n) is 16.8. The van der Waals surface area contributed by atoms with Gasteiger partial charge in [0.15, 0.2) is 6.04 Å². The molecule has 1 aromatic rings. The summed E-state index contributed by atoms with van der Waals surface area (Å²) in [7, 11) is 3.13. The van der Waals surface area contributed by atoms with E-state index in [0.717, 1.165) is 4.90 Å². The van der Waals surface area contributed by atoms with E-state index in [1.807, 2.05) is 4.90 Å². The topological polar surface area (TPSA) is 102 Å². The summed E-state index contributed by atoms with van der Waals surface area (Å²) in [6.45, 7) is 2.73. The van der Waals surface area contributed by atoms with Crippen molar-refractivity contribution in [2.75, 3.05) is 32.5 Å². The van der Waals surface area contributed by atoms with Crippen molar-refractivity contribution in [3.05, 3.63) is 29.8 Å². The Bertz CT molecular complexity index is 856. The minimum atomic E-state index is -0.458. The lowest BCUT2D eigenvalue weighted by atomic mass is 10.0. The van der Waals surface area contributed by atoms with Gasteiger partial charge in [0, 0.05) is 37.3 Å². The highest BCUT2D eigenvalue weighted by atomic mass is 16.2. The number of nitrogens with zero attached hydrogens (tertiary/aromatic N) is 3. The second-order valence-electron chi connectivity index (χ2n) is 7.43. The van der Waals surface area contributed by atoms with Crippen LogP contribution in [0.2, 0.25) is 0 Å². The summed E-state index contributed by atoms with van der Waals surface area (Å²) in [5.41, 5.74) is 1.17. The maximum atomic E-state index is 12.5. The number of likely N-dealkylation sites (N-methyl/N-ethyl adjacent to an activating group) is 1. The van der Waals surface area contributed by atoms with Crippen LogP contribution in [-0.2, 0) is 9.59 Å². The maximum absolute atomic E-state index is 12.5. The SMILES string of the molecule is CC(=O)Nc1ccc(C(=O)NC2CCN(C3C=[N+](C)C(=O)N(C)C3=O)CC2)cc1. The molecule has 0 aromatic heterocycles. The lowest BCUT2D eigenvalue weighted by molar-refractivity contribution is -0.401. The molecule has 2 heterocycles. The lowest BCUT2D eigenvalue weighted by Gasteiger charge is -2.36. The molecule has 0 bridgehead atoms. The van der Waals surface area contributed by atoms with Gasteiger partial charge in [-0.05, 0) is 37.1 Å². The van der Waals surface area contributed by atoms with Crippen LogP contribution >= 0.6 is 0 Å². The third kappa shape index (κ3) is 4.68. The highest BCUT2D eigenvalue weighted by Gasteiger charge is 2.42. The Hall–Kier alpha value is -3.07. The molecule has 154 valence electrons. The number of rotatable bonds is 4. The Morgan fingerprint density at radius 2 is 1.72 bits per heavy atom. The molecular weight excluding hydrogens is 374 g/mol. The van der Waals surface area contributed by atoms with Crippen molar-refractivity contribution < 1.29 is 23.8 Å². The van der Waals surface area contributed by atoms with E-state index >= 15 is 0 Å². The molecule has 1 fully saturated rings. The molecule has 0 spiro atoms. The number of benzene rings is 1. The molecule has 0 aliphatic carbocycles. The van der Waals surface area contributed by atoms with Crippen molar-refractivity contribution in [2.45, 2.75) is 31.8 Å². The van der Waals surface area contributed by atoms with Gasteiger partial charge in [0.2, 0.25) is 5.91 Å². The van der Waals surface area contributed by atoms with Crippen LogP contribution < -0.4 is 10.6 Å². The van der Waals surface area contributed by atoms with Gasteiger partial charge in [0.25, 0.3) is 5.91 Å². The third-order valence-corrected chi connectivity index (χ3v) is 5.26. The Morgan fingerprint density at radius 3 is 2.31 bits per heavy atom. The van der Waals surface area contributed by atoms with Gasteiger partial charge in [-0.1, -0.05) is 0 Å². The summed E-state index contributed by atoms with van der Waals surface area (Å²) in [5, 5.41) is 5.70. The first-order chi connectivity index (χ1) is 13.8. The number of imide groups is 1.